The number of nitrogens with zero attached hydrogens (tertiary/aromatic N) is 2. The van der Waals surface area contributed by atoms with Gasteiger partial charge in [-0.3, -0.25) is 9.59 Å². The summed E-state index contributed by atoms with van der Waals surface area (Å²) in [7, 11) is 0. The van der Waals surface area contributed by atoms with Crippen molar-refractivity contribution in [1.82, 2.24) is 9.80 Å². The molecule has 1 atom stereocenters. The molecule has 2 aliphatic heterocycles. The minimum atomic E-state index is -0.846. The fourth-order valence-electron chi connectivity index (χ4n) is 4.23. The van der Waals surface area contributed by atoms with Gasteiger partial charge in [-0.25, -0.2) is 4.39 Å². The van der Waals surface area contributed by atoms with E-state index in [1.807, 2.05) is 0 Å². The number of aliphatic hydroxyl groups is 1. The number of carbonyl (C=O) groups excluding carboxylic acids is 2. The van der Waals surface area contributed by atoms with Crippen LogP contribution < -0.4 is 0 Å². The quantitative estimate of drug-likeness (QED) is 0.683. The van der Waals surface area contributed by atoms with E-state index in [4.69, 9.17) is 4.42 Å². The molecule has 7 heteroatoms. The summed E-state index contributed by atoms with van der Waals surface area (Å²) in [5.74, 6) is -1.70. The largest absolute Gasteiger partial charge is 0.503 e. The summed E-state index contributed by atoms with van der Waals surface area (Å²) < 4.78 is 19.2. The van der Waals surface area contributed by atoms with Crippen LogP contribution in [-0.2, 0) is 9.59 Å². The average molecular weight is 424 g/mol. The number of amides is 1. The number of ketones is 1. The lowest BCUT2D eigenvalue weighted by Gasteiger charge is -2.31. The Morgan fingerprint density at radius 1 is 1.16 bits per heavy atom. The first-order chi connectivity index (χ1) is 15.0. The molecule has 0 spiro atoms. The van der Waals surface area contributed by atoms with Crippen molar-refractivity contribution < 1.29 is 23.5 Å². The van der Waals surface area contributed by atoms with Crippen LogP contribution in [0.2, 0.25) is 0 Å². The zero-order valence-corrected chi connectivity index (χ0v) is 17.2. The van der Waals surface area contributed by atoms with Crippen LogP contribution in [0.4, 0.5) is 4.39 Å². The first-order valence-corrected chi connectivity index (χ1v) is 10.5. The van der Waals surface area contributed by atoms with Gasteiger partial charge < -0.3 is 19.3 Å². The highest BCUT2D eigenvalue weighted by Crippen LogP contribution is 2.38. The van der Waals surface area contributed by atoms with E-state index in [1.165, 1.54) is 47.9 Å². The first kappa shape index (κ1) is 21.1. The number of hydrogen-bond acceptors (Lipinski definition) is 5. The minimum Gasteiger partial charge on any atom is -0.503 e. The van der Waals surface area contributed by atoms with Crippen LogP contribution in [-0.4, -0.2) is 52.8 Å². The second kappa shape index (κ2) is 9.31. The van der Waals surface area contributed by atoms with Crippen molar-refractivity contribution in [2.24, 2.45) is 0 Å². The Bertz CT molecular complexity index is 1010. The van der Waals surface area contributed by atoms with Gasteiger partial charge in [0, 0.05) is 13.1 Å². The molecule has 0 radical (unpaired) electrons. The van der Waals surface area contributed by atoms with Gasteiger partial charge in [-0.1, -0.05) is 18.6 Å². The van der Waals surface area contributed by atoms with Crippen LogP contribution in [0.15, 0.2) is 64.5 Å². The van der Waals surface area contributed by atoms with Crippen molar-refractivity contribution in [3.8, 4) is 0 Å². The maximum atomic E-state index is 14.0. The Kier molecular flexibility index (Phi) is 6.32. The van der Waals surface area contributed by atoms with E-state index in [0.29, 0.717) is 24.4 Å². The summed E-state index contributed by atoms with van der Waals surface area (Å²) in [5.41, 5.74) is 0.405. The van der Waals surface area contributed by atoms with Gasteiger partial charge >= 0.3 is 0 Å². The molecule has 4 rings (SSSR count). The van der Waals surface area contributed by atoms with E-state index in [0.717, 1.165) is 25.9 Å². The van der Waals surface area contributed by atoms with Crippen molar-refractivity contribution in [2.75, 3.05) is 26.2 Å². The molecule has 0 aliphatic carbocycles. The Balaban J connectivity index is 1.62. The van der Waals surface area contributed by atoms with Gasteiger partial charge in [-0.2, -0.15) is 0 Å². The van der Waals surface area contributed by atoms with Gasteiger partial charge in [-0.05, 0) is 67.9 Å². The lowest BCUT2D eigenvalue weighted by atomic mass is 9.95. The monoisotopic (exact) mass is 424 g/mol. The highest BCUT2D eigenvalue weighted by atomic mass is 19.1. The molecule has 1 unspecified atom stereocenters. The van der Waals surface area contributed by atoms with Crippen LogP contribution in [0.1, 0.15) is 36.6 Å². The third-order valence-electron chi connectivity index (χ3n) is 5.78. The molecule has 1 fully saturated rings. The number of piperidine rings is 1. The SMILES string of the molecule is O=C(/C=C/c1ccco1)C1=C(O)C(=O)N(CCN2CCCCC2)C1c1cccc(F)c1. The molecule has 2 aromatic rings. The third kappa shape index (κ3) is 4.61. The minimum absolute atomic E-state index is 0.0444. The van der Waals surface area contributed by atoms with Crippen molar-refractivity contribution >= 4 is 17.8 Å². The van der Waals surface area contributed by atoms with Gasteiger partial charge in [0.15, 0.2) is 11.5 Å². The topological polar surface area (TPSA) is 74.0 Å². The fraction of sp³-hybridized carbons (Fsp3) is 0.333. The summed E-state index contributed by atoms with van der Waals surface area (Å²) in [6.07, 6.45) is 7.66. The van der Waals surface area contributed by atoms with Crippen molar-refractivity contribution in [2.45, 2.75) is 25.3 Å². The van der Waals surface area contributed by atoms with Crippen molar-refractivity contribution in [1.29, 1.82) is 0 Å². The van der Waals surface area contributed by atoms with Crippen molar-refractivity contribution in [3.05, 3.63) is 77.2 Å². The van der Waals surface area contributed by atoms with E-state index in [1.54, 1.807) is 18.2 Å². The zero-order chi connectivity index (χ0) is 21.8. The molecule has 1 saturated heterocycles. The van der Waals surface area contributed by atoms with Crippen LogP contribution in [0, 0.1) is 5.82 Å². The smallest absolute Gasteiger partial charge is 0.290 e. The highest BCUT2D eigenvalue weighted by Gasteiger charge is 2.42. The summed E-state index contributed by atoms with van der Waals surface area (Å²) in [4.78, 5) is 29.6. The number of aliphatic hydroxyl groups excluding tert-OH is 1. The number of carbonyl (C=O) groups is 2. The van der Waals surface area contributed by atoms with Gasteiger partial charge in [0.25, 0.3) is 5.91 Å². The normalized spacial score (nSPS) is 20.2. The number of hydrogen-bond donors (Lipinski definition) is 1. The zero-order valence-electron chi connectivity index (χ0n) is 17.2. The summed E-state index contributed by atoms with van der Waals surface area (Å²) in [5, 5.41) is 10.6. The third-order valence-corrected chi connectivity index (χ3v) is 5.78. The summed E-state index contributed by atoms with van der Waals surface area (Å²) in [6, 6.07) is 8.34. The Labute approximate surface area is 180 Å². The van der Waals surface area contributed by atoms with E-state index < -0.39 is 29.3 Å². The van der Waals surface area contributed by atoms with E-state index >= 15 is 0 Å². The molecular formula is C24H25FN2O4. The second-order valence-electron chi connectivity index (χ2n) is 7.83. The molecule has 0 saturated carbocycles. The van der Waals surface area contributed by atoms with Crippen LogP contribution in [0.5, 0.6) is 0 Å². The van der Waals surface area contributed by atoms with Crippen LogP contribution >= 0.6 is 0 Å². The van der Waals surface area contributed by atoms with E-state index in [9.17, 15) is 19.1 Å². The Hall–Kier alpha value is -3.19. The lowest BCUT2D eigenvalue weighted by molar-refractivity contribution is -0.129. The number of benzene rings is 1. The van der Waals surface area contributed by atoms with Gasteiger partial charge in [0.2, 0.25) is 0 Å². The van der Waals surface area contributed by atoms with E-state index in [-0.39, 0.29) is 5.57 Å². The van der Waals surface area contributed by atoms with Gasteiger partial charge in [0.05, 0.1) is 17.9 Å². The lowest BCUT2D eigenvalue weighted by Crippen LogP contribution is -2.40. The molecule has 31 heavy (non-hydrogen) atoms. The predicted molar refractivity (Wildman–Crippen MR) is 114 cm³/mol. The summed E-state index contributed by atoms with van der Waals surface area (Å²) >= 11 is 0. The summed E-state index contributed by atoms with van der Waals surface area (Å²) in [6.45, 7) is 2.89. The molecule has 1 aromatic heterocycles. The molecule has 0 bridgehead atoms. The van der Waals surface area contributed by atoms with Gasteiger partial charge in [-0.15, -0.1) is 0 Å². The maximum Gasteiger partial charge on any atom is 0.290 e. The molecule has 6 nitrogen and oxygen atoms in total. The number of furan rings is 1. The fourth-order valence-corrected chi connectivity index (χ4v) is 4.23. The number of allylic oxidation sites excluding steroid dienone is 1. The maximum absolute atomic E-state index is 14.0. The number of halogens is 1. The molecule has 1 aromatic carbocycles. The average Bonchev–Trinajstić information content (AvgIpc) is 3.38. The number of rotatable bonds is 7. The van der Waals surface area contributed by atoms with Gasteiger partial charge in [0.1, 0.15) is 11.6 Å². The first-order valence-electron chi connectivity index (χ1n) is 10.5. The standard InChI is InChI=1S/C24H25FN2O4/c25-18-7-4-6-17(16-18)22-21(20(28)10-9-19-8-5-15-31-19)23(29)24(30)27(22)14-13-26-11-2-1-3-12-26/h4-10,15-16,22,29H,1-3,11-14H2/b10-9+. The molecule has 162 valence electrons. The molecule has 1 amide bonds. The second-order valence-corrected chi connectivity index (χ2v) is 7.83. The van der Waals surface area contributed by atoms with Crippen molar-refractivity contribution in [3.63, 3.8) is 0 Å². The number of likely N-dealkylation sites (tertiary alicyclic amines) is 1. The molecule has 3 heterocycles. The van der Waals surface area contributed by atoms with Crippen LogP contribution in [0.3, 0.4) is 0 Å². The highest BCUT2D eigenvalue weighted by molar-refractivity contribution is 6.14. The molecular weight excluding hydrogens is 399 g/mol. The predicted octanol–water partition coefficient (Wildman–Crippen LogP) is 3.88. The molecule has 2 aliphatic rings. The Morgan fingerprint density at radius 3 is 2.68 bits per heavy atom. The van der Waals surface area contributed by atoms with Crippen LogP contribution in [0.25, 0.3) is 6.08 Å². The van der Waals surface area contributed by atoms with E-state index in [2.05, 4.69) is 4.90 Å². The molecule has 1 N–H and O–H groups in total. The Morgan fingerprint density at radius 2 is 1.97 bits per heavy atom.